The normalized spacial score (nSPS) is 10.4. The topological polar surface area (TPSA) is 86.0 Å². The largest absolute Gasteiger partial charge is 0.486 e. The Kier molecular flexibility index (Phi) is 4.51. The molecular formula is C17H16FN5O. The monoisotopic (exact) mass is 325 g/mol. The maximum Gasteiger partial charge on any atom is 0.232 e. The SMILES string of the molecule is Cc1ccc(Nc2nc(N)nc(COc3ccc(F)cc3)n2)cc1. The van der Waals surface area contributed by atoms with Crippen LogP contribution in [-0.2, 0) is 6.61 Å². The minimum absolute atomic E-state index is 0.0947. The Morgan fingerprint density at radius 3 is 2.42 bits per heavy atom. The van der Waals surface area contributed by atoms with E-state index in [-0.39, 0.29) is 18.4 Å². The van der Waals surface area contributed by atoms with Crippen molar-refractivity contribution in [3.05, 3.63) is 65.7 Å². The van der Waals surface area contributed by atoms with Crippen molar-refractivity contribution in [1.82, 2.24) is 15.0 Å². The van der Waals surface area contributed by atoms with Crippen molar-refractivity contribution in [2.45, 2.75) is 13.5 Å². The molecule has 122 valence electrons. The molecule has 0 saturated heterocycles. The van der Waals surface area contributed by atoms with Crippen LogP contribution in [0.5, 0.6) is 5.75 Å². The van der Waals surface area contributed by atoms with Crippen LogP contribution in [0.1, 0.15) is 11.4 Å². The molecule has 3 rings (SSSR count). The number of aryl methyl sites for hydroxylation is 1. The second-order valence-electron chi connectivity index (χ2n) is 5.17. The minimum Gasteiger partial charge on any atom is -0.486 e. The lowest BCUT2D eigenvalue weighted by atomic mass is 10.2. The average molecular weight is 325 g/mol. The zero-order valence-corrected chi connectivity index (χ0v) is 13.0. The Bertz CT molecular complexity index is 821. The van der Waals surface area contributed by atoms with Gasteiger partial charge in [-0.3, -0.25) is 0 Å². The van der Waals surface area contributed by atoms with Gasteiger partial charge in [-0.25, -0.2) is 4.39 Å². The highest BCUT2D eigenvalue weighted by Gasteiger charge is 2.06. The standard InChI is InChI=1S/C17H16FN5O/c1-11-2-6-13(7-3-11)20-17-22-15(21-16(19)23-17)10-24-14-8-4-12(18)5-9-14/h2-9H,10H2,1H3,(H3,19,20,21,22,23). The molecule has 24 heavy (non-hydrogen) atoms. The van der Waals surface area contributed by atoms with Gasteiger partial charge < -0.3 is 15.8 Å². The van der Waals surface area contributed by atoms with Crippen LogP contribution < -0.4 is 15.8 Å². The Hall–Kier alpha value is -3.22. The molecule has 0 fully saturated rings. The summed E-state index contributed by atoms with van der Waals surface area (Å²) in [6.07, 6.45) is 0. The van der Waals surface area contributed by atoms with Gasteiger partial charge in [0.25, 0.3) is 0 Å². The van der Waals surface area contributed by atoms with Gasteiger partial charge in [0.1, 0.15) is 18.2 Å². The van der Waals surface area contributed by atoms with E-state index in [1.807, 2.05) is 31.2 Å². The molecule has 0 atom stereocenters. The molecule has 3 N–H and O–H groups in total. The molecule has 6 nitrogen and oxygen atoms in total. The van der Waals surface area contributed by atoms with Crippen molar-refractivity contribution in [3.63, 3.8) is 0 Å². The van der Waals surface area contributed by atoms with Crippen molar-refractivity contribution in [3.8, 4) is 5.75 Å². The van der Waals surface area contributed by atoms with Gasteiger partial charge in [-0.05, 0) is 43.3 Å². The van der Waals surface area contributed by atoms with E-state index in [2.05, 4.69) is 20.3 Å². The maximum absolute atomic E-state index is 12.9. The van der Waals surface area contributed by atoms with E-state index < -0.39 is 0 Å². The van der Waals surface area contributed by atoms with Crippen LogP contribution in [0.3, 0.4) is 0 Å². The number of nitrogens with zero attached hydrogens (tertiary/aromatic N) is 3. The van der Waals surface area contributed by atoms with E-state index >= 15 is 0 Å². The molecule has 0 aliphatic carbocycles. The van der Waals surface area contributed by atoms with Crippen LogP contribution in [0.4, 0.5) is 22.0 Å². The molecule has 1 heterocycles. The molecular weight excluding hydrogens is 309 g/mol. The number of nitrogens with two attached hydrogens (primary N) is 1. The predicted molar refractivity (Wildman–Crippen MR) is 89.4 cm³/mol. The molecule has 0 unspecified atom stereocenters. The fraction of sp³-hybridized carbons (Fsp3) is 0.118. The van der Waals surface area contributed by atoms with Crippen LogP contribution in [0.2, 0.25) is 0 Å². The molecule has 0 radical (unpaired) electrons. The van der Waals surface area contributed by atoms with Gasteiger partial charge in [0.15, 0.2) is 5.82 Å². The Morgan fingerprint density at radius 1 is 1.00 bits per heavy atom. The Balaban J connectivity index is 1.71. The van der Waals surface area contributed by atoms with Crippen molar-refractivity contribution in [2.75, 3.05) is 11.1 Å². The molecule has 2 aromatic carbocycles. The lowest BCUT2D eigenvalue weighted by molar-refractivity contribution is 0.295. The lowest BCUT2D eigenvalue weighted by Crippen LogP contribution is -2.09. The second-order valence-corrected chi connectivity index (χ2v) is 5.17. The first-order chi connectivity index (χ1) is 11.6. The summed E-state index contributed by atoms with van der Waals surface area (Å²) in [5, 5.41) is 3.07. The summed E-state index contributed by atoms with van der Waals surface area (Å²) in [5.74, 6) is 1.00. The number of aromatic nitrogens is 3. The number of benzene rings is 2. The number of nitrogens with one attached hydrogen (secondary N) is 1. The van der Waals surface area contributed by atoms with Crippen molar-refractivity contribution in [1.29, 1.82) is 0 Å². The molecule has 7 heteroatoms. The maximum atomic E-state index is 12.9. The summed E-state index contributed by atoms with van der Waals surface area (Å²) in [5.41, 5.74) is 7.72. The number of nitrogen functional groups attached to an aromatic ring is 1. The van der Waals surface area contributed by atoms with E-state index in [1.165, 1.54) is 24.3 Å². The van der Waals surface area contributed by atoms with Crippen LogP contribution in [-0.4, -0.2) is 15.0 Å². The Morgan fingerprint density at radius 2 is 1.71 bits per heavy atom. The van der Waals surface area contributed by atoms with E-state index in [0.29, 0.717) is 17.5 Å². The molecule has 0 aliphatic heterocycles. The van der Waals surface area contributed by atoms with Crippen LogP contribution >= 0.6 is 0 Å². The van der Waals surface area contributed by atoms with E-state index in [0.717, 1.165) is 11.3 Å². The number of anilines is 3. The van der Waals surface area contributed by atoms with Crippen molar-refractivity contribution >= 4 is 17.6 Å². The minimum atomic E-state index is -0.323. The van der Waals surface area contributed by atoms with Crippen molar-refractivity contribution in [2.24, 2.45) is 0 Å². The highest BCUT2D eigenvalue weighted by molar-refractivity contribution is 5.54. The molecule has 0 aliphatic rings. The van der Waals surface area contributed by atoms with Crippen LogP contribution in [0.15, 0.2) is 48.5 Å². The third-order valence-electron chi connectivity index (χ3n) is 3.19. The molecule has 0 saturated carbocycles. The zero-order valence-electron chi connectivity index (χ0n) is 13.0. The molecule has 0 bridgehead atoms. The summed E-state index contributed by atoms with van der Waals surface area (Å²) >= 11 is 0. The van der Waals surface area contributed by atoms with Gasteiger partial charge in [-0.15, -0.1) is 0 Å². The van der Waals surface area contributed by atoms with E-state index in [4.69, 9.17) is 10.5 Å². The number of halogens is 1. The summed E-state index contributed by atoms with van der Waals surface area (Å²) in [7, 11) is 0. The summed E-state index contributed by atoms with van der Waals surface area (Å²) < 4.78 is 18.4. The third-order valence-corrected chi connectivity index (χ3v) is 3.19. The van der Waals surface area contributed by atoms with Gasteiger partial charge in [-0.1, -0.05) is 17.7 Å². The highest BCUT2D eigenvalue weighted by atomic mass is 19.1. The van der Waals surface area contributed by atoms with Crippen LogP contribution in [0, 0.1) is 12.7 Å². The zero-order chi connectivity index (χ0) is 16.9. The first kappa shape index (κ1) is 15.7. The number of ether oxygens (including phenoxy) is 1. The van der Waals surface area contributed by atoms with Gasteiger partial charge in [0.2, 0.25) is 11.9 Å². The van der Waals surface area contributed by atoms with Crippen molar-refractivity contribution < 1.29 is 9.13 Å². The first-order valence-electron chi connectivity index (χ1n) is 7.31. The first-order valence-corrected chi connectivity index (χ1v) is 7.31. The number of hydrogen-bond acceptors (Lipinski definition) is 6. The smallest absolute Gasteiger partial charge is 0.232 e. The molecule has 3 aromatic rings. The quantitative estimate of drug-likeness (QED) is 0.749. The average Bonchev–Trinajstić information content (AvgIpc) is 2.56. The summed E-state index contributed by atoms with van der Waals surface area (Å²) in [6, 6.07) is 13.5. The summed E-state index contributed by atoms with van der Waals surface area (Å²) in [6.45, 7) is 2.11. The van der Waals surface area contributed by atoms with E-state index in [9.17, 15) is 4.39 Å². The van der Waals surface area contributed by atoms with Gasteiger partial charge >= 0.3 is 0 Å². The number of rotatable bonds is 5. The van der Waals surface area contributed by atoms with E-state index in [1.54, 1.807) is 0 Å². The molecule has 1 aromatic heterocycles. The predicted octanol–water partition coefficient (Wildman–Crippen LogP) is 3.22. The fourth-order valence-electron chi connectivity index (χ4n) is 2.00. The van der Waals surface area contributed by atoms with Crippen LogP contribution in [0.25, 0.3) is 0 Å². The lowest BCUT2D eigenvalue weighted by Gasteiger charge is -2.09. The third kappa shape index (κ3) is 4.16. The summed E-state index contributed by atoms with van der Waals surface area (Å²) in [4.78, 5) is 12.4. The Labute approximate surface area is 138 Å². The second kappa shape index (κ2) is 6.91. The van der Waals surface area contributed by atoms with Gasteiger partial charge in [-0.2, -0.15) is 15.0 Å². The highest BCUT2D eigenvalue weighted by Crippen LogP contribution is 2.16. The molecule has 0 amide bonds. The fourth-order valence-corrected chi connectivity index (χ4v) is 2.00. The molecule has 0 spiro atoms. The van der Waals surface area contributed by atoms with Gasteiger partial charge in [0.05, 0.1) is 0 Å². The number of hydrogen-bond donors (Lipinski definition) is 2. The van der Waals surface area contributed by atoms with Gasteiger partial charge in [0, 0.05) is 5.69 Å².